The highest BCUT2D eigenvalue weighted by molar-refractivity contribution is 8.17. The van der Waals surface area contributed by atoms with E-state index < -0.39 is 17.9 Å². The van der Waals surface area contributed by atoms with Crippen molar-refractivity contribution in [3.8, 4) is 0 Å². The van der Waals surface area contributed by atoms with Gasteiger partial charge in [0.25, 0.3) is 0 Å². The van der Waals surface area contributed by atoms with E-state index in [1.165, 1.54) is 28.4 Å². The predicted molar refractivity (Wildman–Crippen MR) is 115 cm³/mol. The van der Waals surface area contributed by atoms with E-state index in [0.29, 0.717) is 18.5 Å². The van der Waals surface area contributed by atoms with Gasteiger partial charge in [-0.2, -0.15) is 0 Å². The van der Waals surface area contributed by atoms with Crippen LogP contribution in [-0.4, -0.2) is 55.5 Å². The highest BCUT2D eigenvalue weighted by atomic mass is 32.2. The largest absolute Gasteiger partial charge is 0.480 e. The Hall–Kier alpha value is -2.56. The van der Waals surface area contributed by atoms with Crippen molar-refractivity contribution in [1.82, 2.24) is 4.90 Å². The molecule has 162 valence electrons. The molecule has 3 unspecified atom stereocenters. The number of amides is 2. The molecule has 2 amide bonds. The van der Waals surface area contributed by atoms with Gasteiger partial charge in [-0.3, -0.25) is 9.59 Å². The number of nitrogens with two attached hydrogens (primary N) is 1. The number of fused-ring (bicyclic) bond motifs is 1. The van der Waals surface area contributed by atoms with Crippen LogP contribution in [0.4, 0.5) is 0 Å². The molecule has 1 aromatic heterocycles. The van der Waals surface area contributed by atoms with E-state index in [2.05, 4.69) is 0 Å². The van der Waals surface area contributed by atoms with Gasteiger partial charge >= 0.3 is 5.97 Å². The topological polar surface area (TPSA) is 125 Å². The quantitative estimate of drug-likeness (QED) is 0.395. The number of hydrogen-bond donors (Lipinski definition) is 3. The van der Waals surface area contributed by atoms with Crippen LogP contribution in [0.2, 0.25) is 0 Å². The number of β-lactam (4-membered cyclic amide) rings is 1. The number of carboxylic acids is 1. The summed E-state index contributed by atoms with van der Waals surface area (Å²) in [7, 11) is 0. The third kappa shape index (κ3) is 4.28. The third-order valence-electron chi connectivity index (χ3n) is 5.43. The maximum atomic E-state index is 12.3. The maximum Gasteiger partial charge on any atom is 0.328 e. The summed E-state index contributed by atoms with van der Waals surface area (Å²) in [4.78, 5) is 37.7. The minimum absolute atomic E-state index is 0.0818. The lowest BCUT2D eigenvalue weighted by Gasteiger charge is -2.43. The molecule has 10 heteroatoms. The van der Waals surface area contributed by atoms with Crippen LogP contribution >= 0.6 is 23.5 Å². The molecule has 4 rings (SSSR count). The van der Waals surface area contributed by atoms with Crippen molar-refractivity contribution < 1.29 is 29.2 Å². The number of aliphatic hydroxyl groups is 1. The predicted octanol–water partition coefficient (Wildman–Crippen LogP) is 0.906. The Kier molecular flexibility index (Phi) is 6.22. The number of carboxylic acid groups (broad SMARTS) is 1. The van der Waals surface area contributed by atoms with Gasteiger partial charge in [0.1, 0.15) is 0 Å². The second-order valence-corrected chi connectivity index (χ2v) is 10.2. The van der Waals surface area contributed by atoms with Crippen LogP contribution in [0.5, 0.6) is 0 Å². The maximum absolute atomic E-state index is 12.3. The number of carbonyl (C=O) groups is 3. The summed E-state index contributed by atoms with van der Waals surface area (Å²) in [5, 5.41) is 18.7. The van der Waals surface area contributed by atoms with Crippen molar-refractivity contribution in [3.63, 3.8) is 0 Å². The molecule has 2 aliphatic rings. The van der Waals surface area contributed by atoms with Gasteiger partial charge in [-0.25, -0.2) is 9.36 Å². The van der Waals surface area contributed by atoms with Gasteiger partial charge in [0.05, 0.1) is 21.4 Å². The number of pyridine rings is 1. The molecule has 31 heavy (non-hydrogen) atoms. The molecule has 0 saturated carbocycles. The molecule has 0 aliphatic carbocycles. The molecular formula is C21H22N3O5S2+. The van der Waals surface area contributed by atoms with Crippen molar-refractivity contribution in [2.24, 2.45) is 11.7 Å². The molecule has 2 aromatic rings. The van der Waals surface area contributed by atoms with E-state index in [9.17, 15) is 19.5 Å². The molecule has 2 fully saturated rings. The summed E-state index contributed by atoms with van der Waals surface area (Å²) < 4.78 is 1.62. The fourth-order valence-electron chi connectivity index (χ4n) is 3.83. The average molecular weight is 461 g/mol. The Morgan fingerprint density at radius 1 is 1.16 bits per heavy atom. The minimum atomic E-state index is -1.00. The highest BCUT2D eigenvalue weighted by Gasteiger charge is 2.60. The number of benzene rings is 1. The number of nitrogens with zero attached hydrogens (tertiary/aromatic N) is 2. The van der Waals surface area contributed by atoms with Crippen molar-refractivity contribution in [3.05, 3.63) is 59.9 Å². The lowest BCUT2D eigenvalue weighted by Crippen LogP contribution is -2.61. The number of aliphatic hydroxyl groups excluding tert-OH is 1. The van der Waals surface area contributed by atoms with E-state index in [0.717, 1.165) is 10.5 Å². The zero-order valence-corrected chi connectivity index (χ0v) is 18.1. The first-order valence-corrected chi connectivity index (χ1v) is 11.6. The second kappa shape index (κ2) is 8.89. The van der Waals surface area contributed by atoms with Gasteiger partial charge in [0.2, 0.25) is 11.8 Å². The van der Waals surface area contributed by atoms with E-state index >= 15 is 0 Å². The first-order chi connectivity index (χ1) is 14.9. The third-order valence-corrected chi connectivity index (χ3v) is 8.45. The van der Waals surface area contributed by atoms with Crippen molar-refractivity contribution in [2.45, 2.75) is 33.9 Å². The van der Waals surface area contributed by atoms with Crippen LogP contribution in [0.3, 0.4) is 0 Å². The average Bonchev–Trinajstić information content (AvgIpc) is 3.09. The Bertz CT molecular complexity index is 999. The molecule has 4 N–H and O–H groups in total. The van der Waals surface area contributed by atoms with E-state index in [1.807, 2.05) is 28.8 Å². The number of primary amides is 1. The molecule has 1 aromatic carbocycles. The molecule has 2 saturated heterocycles. The Balaban J connectivity index is 1.42. The molecular weight excluding hydrogens is 438 g/mol. The van der Waals surface area contributed by atoms with E-state index in [-0.39, 0.29) is 28.4 Å². The summed E-state index contributed by atoms with van der Waals surface area (Å²) in [6, 6.07) is 10.3. The fourth-order valence-corrected chi connectivity index (χ4v) is 7.14. The summed E-state index contributed by atoms with van der Waals surface area (Å²) in [5.41, 5.74) is 6.76. The standard InChI is InChI=1S/C21H21N3O5S2/c22-17(26)13-5-8-23(9-6-13)11-12-1-3-14(4-2-12)30-21-16(20(28)29)24-18(27)15(7-10-25)19(24)31-21/h1-6,8-9,15-16,19,21,25H,7,10-11H2,(H2-,22,26,28,29)/p+1/t15-,16?,19?,21?/m0/s1. The van der Waals surface area contributed by atoms with Crippen LogP contribution in [0.25, 0.3) is 0 Å². The zero-order chi connectivity index (χ0) is 22.1. The monoisotopic (exact) mass is 460 g/mol. The molecule has 2 aliphatic heterocycles. The Morgan fingerprint density at radius 2 is 1.84 bits per heavy atom. The van der Waals surface area contributed by atoms with Crippen molar-refractivity contribution in [2.75, 3.05) is 6.61 Å². The number of thioether (sulfide) groups is 2. The van der Waals surface area contributed by atoms with Crippen molar-refractivity contribution in [1.29, 1.82) is 0 Å². The van der Waals surface area contributed by atoms with Crippen molar-refractivity contribution >= 4 is 41.3 Å². The second-order valence-electron chi connectivity index (χ2n) is 7.43. The fraction of sp³-hybridized carbons (Fsp3) is 0.333. The lowest BCUT2D eigenvalue weighted by molar-refractivity contribution is -0.688. The smallest absolute Gasteiger partial charge is 0.328 e. The number of hydrogen-bond acceptors (Lipinski definition) is 6. The van der Waals surface area contributed by atoms with Gasteiger partial charge in [0.15, 0.2) is 25.0 Å². The first-order valence-electron chi connectivity index (χ1n) is 9.75. The van der Waals surface area contributed by atoms with Crippen LogP contribution in [-0.2, 0) is 16.1 Å². The van der Waals surface area contributed by atoms with Gasteiger partial charge in [-0.1, -0.05) is 12.1 Å². The molecule has 3 heterocycles. The van der Waals surface area contributed by atoms with Crippen LogP contribution in [0, 0.1) is 5.92 Å². The molecule has 0 spiro atoms. The highest BCUT2D eigenvalue weighted by Crippen LogP contribution is 2.53. The molecule has 0 radical (unpaired) electrons. The summed E-state index contributed by atoms with van der Waals surface area (Å²) >= 11 is 2.93. The minimum Gasteiger partial charge on any atom is -0.480 e. The number of carbonyl (C=O) groups excluding carboxylic acids is 2. The SMILES string of the molecule is NC(=O)c1cc[n+](Cc2ccc(SC3SC4[C@@H](CCO)C(=O)N4C3C(=O)O)cc2)cc1. The summed E-state index contributed by atoms with van der Waals surface area (Å²) in [6.45, 7) is 0.536. The summed E-state index contributed by atoms with van der Waals surface area (Å²) in [6.07, 6.45) is 3.95. The first kappa shape index (κ1) is 21.7. The van der Waals surface area contributed by atoms with Gasteiger partial charge < -0.3 is 20.8 Å². The molecule has 8 nitrogen and oxygen atoms in total. The molecule has 4 atom stereocenters. The number of aliphatic carboxylic acids is 1. The van der Waals surface area contributed by atoms with E-state index in [1.54, 1.807) is 24.5 Å². The van der Waals surface area contributed by atoms with Crippen LogP contribution in [0.1, 0.15) is 22.3 Å². The Labute approximate surface area is 187 Å². The van der Waals surface area contributed by atoms with Gasteiger partial charge in [-0.15, -0.1) is 23.5 Å². The van der Waals surface area contributed by atoms with Crippen LogP contribution in [0.15, 0.2) is 53.7 Å². The lowest BCUT2D eigenvalue weighted by atomic mass is 9.93. The Morgan fingerprint density at radius 3 is 2.42 bits per heavy atom. The zero-order valence-electron chi connectivity index (χ0n) is 16.5. The number of aromatic nitrogens is 1. The van der Waals surface area contributed by atoms with Gasteiger partial charge in [-0.05, 0) is 18.6 Å². The van der Waals surface area contributed by atoms with Crippen LogP contribution < -0.4 is 10.3 Å². The normalized spacial score (nSPS) is 24.5. The number of rotatable bonds is 8. The molecule has 0 bridgehead atoms. The van der Waals surface area contributed by atoms with E-state index in [4.69, 9.17) is 10.8 Å². The van der Waals surface area contributed by atoms with Gasteiger partial charge in [0, 0.05) is 29.2 Å². The summed E-state index contributed by atoms with van der Waals surface area (Å²) in [5.74, 6) is -1.96.